The van der Waals surface area contributed by atoms with Crippen molar-refractivity contribution in [2.45, 2.75) is 20.8 Å². The maximum absolute atomic E-state index is 12.5. The molecule has 0 radical (unpaired) electrons. The van der Waals surface area contributed by atoms with Crippen LogP contribution in [0.25, 0.3) is 10.6 Å². The van der Waals surface area contributed by atoms with Crippen LogP contribution in [-0.4, -0.2) is 21.0 Å². The van der Waals surface area contributed by atoms with Crippen molar-refractivity contribution in [3.8, 4) is 10.6 Å². The zero-order valence-corrected chi connectivity index (χ0v) is 15.7. The van der Waals surface area contributed by atoms with Crippen molar-refractivity contribution in [1.82, 2.24) is 14.8 Å². The molecule has 2 aromatic heterocycles. The molecule has 3 N–H and O–H groups in total. The predicted molar refractivity (Wildman–Crippen MR) is 103 cm³/mol. The minimum atomic E-state index is -0.282. The third-order valence-corrected chi connectivity index (χ3v) is 5.57. The maximum atomic E-state index is 12.5. The van der Waals surface area contributed by atoms with Crippen LogP contribution in [0.5, 0.6) is 0 Å². The second-order valence-corrected chi connectivity index (χ2v) is 7.25. The number of benzene rings is 1. The Balaban J connectivity index is 1.80. The first-order valence-electron chi connectivity index (χ1n) is 7.57. The summed E-state index contributed by atoms with van der Waals surface area (Å²) in [6, 6.07) is 9.78. The minimum Gasteiger partial charge on any atom is -0.389 e. The molecule has 6 nitrogen and oxygen atoms in total. The molecule has 0 aliphatic heterocycles. The van der Waals surface area contributed by atoms with Crippen LogP contribution < -0.4 is 11.2 Å². The number of hydrogen-bond acceptors (Lipinski definition) is 7. The Labute approximate surface area is 153 Å². The van der Waals surface area contributed by atoms with Crippen LogP contribution in [0.3, 0.4) is 0 Å². The average Bonchev–Trinajstić information content (AvgIpc) is 3.16. The lowest BCUT2D eigenvalue weighted by atomic mass is 10.2. The highest BCUT2D eigenvalue weighted by atomic mass is 32.1. The zero-order chi connectivity index (χ0) is 18.0. The monoisotopic (exact) mass is 371 g/mol. The van der Waals surface area contributed by atoms with E-state index in [1.54, 1.807) is 6.92 Å². The lowest BCUT2D eigenvalue weighted by Gasteiger charge is -2.02. The Bertz CT molecular complexity index is 924. The van der Waals surface area contributed by atoms with E-state index in [9.17, 15) is 4.79 Å². The molecule has 128 valence electrons. The van der Waals surface area contributed by atoms with Crippen molar-refractivity contribution in [3.05, 3.63) is 52.2 Å². The SMILES string of the molecule is C/C(=N\NC(=O)c1sc(-c2ccccc2)nc1C)c1c(C)nsc1N. The summed E-state index contributed by atoms with van der Waals surface area (Å²) in [7, 11) is 0. The van der Waals surface area contributed by atoms with Crippen LogP contribution >= 0.6 is 22.9 Å². The van der Waals surface area contributed by atoms with Crippen molar-refractivity contribution in [2.75, 3.05) is 5.73 Å². The van der Waals surface area contributed by atoms with Gasteiger partial charge in [0.15, 0.2) is 0 Å². The van der Waals surface area contributed by atoms with Gasteiger partial charge in [0.2, 0.25) is 0 Å². The molecule has 0 aliphatic rings. The summed E-state index contributed by atoms with van der Waals surface area (Å²) in [4.78, 5) is 17.5. The third-order valence-electron chi connectivity index (χ3n) is 3.60. The Morgan fingerprint density at radius 2 is 1.92 bits per heavy atom. The van der Waals surface area contributed by atoms with Gasteiger partial charge in [0, 0.05) is 5.56 Å². The molecule has 2 heterocycles. The fourth-order valence-corrected chi connectivity index (χ4v) is 4.05. The first kappa shape index (κ1) is 17.2. The Morgan fingerprint density at radius 1 is 1.20 bits per heavy atom. The standard InChI is InChI=1S/C17H17N5OS2/c1-9(13-10(2)22-25-15(13)18)20-21-16(23)14-11(3)19-17(24-14)12-7-5-4-6-8-12/h4-8H,18H2,1-3H3,(H,21,23)/b20-9+. The van der Waals surface area contributed by atoms with E-state index in [1.807, 2.05) is 44.2 Å². The summed E-state index contributed by atoms with van der Waals surface area (Å²) >= 11 is 2.57. The Kier molecular flexibility index (Phi) is 4.91. The van der Waals surface area contributed by atoms with Gasteiger partial charge in [-0.3, -0.25) is 4.79 Å². The normalized spacial score (nSPS) is 11.6. The van der Waals surface area contributed by atoms with Gasteiger partial charge in [-0.2, -0.15) is 9.47 Å². The molecule has 0 spiro atoms. The summed E-state index contributed by atoms with van der Waals surface area (Å²) < 4.78 is 4.19. The molecule has 1 aromatic carbocycles. The van der Waals surface area contributed by atoms with Crippen LogP contribution in [0.1, 0.15) is 33.5 Å². The van der Waals surface area contributed by atoms with Crippen molar-refractivity contribution in [2.24, 2.45) is 5.10 Å². The molecule has 0 aliphatic carbocycles. The van der Waals surface area contributed by atoms with Crippen LogP contribution in [0.2, 0.25) is 0 Å². The molecule has 0 atom stereocenters. The van der Waals surface area contributed by atoms with Crippen LogP contribution in [-0.2, 0) is 0 Å². The summed E-state index contributed by atoms with van der Waals surface area (Å²) in [5.74, 6) is -0.282. The number of nitrogens with zero attached hydrogens (tertiary/aromatic N) is 3. The largest absolute Gasteiger partial charge is 0.389 e. The molecule has 3 aromatic rings. The number of carbonyl (C=O) groups is 1. The number of aromatic nitrogens is 2. The van der Waals surface area contributed by atoms with Gasteiger partial charge < -0.3 is 5.73 Å². The number of anilines is 1. The average molecular weight is 371 g/mol. The van der Waals surface area contributed by atoms with Gasteiger partial charge in [0.25, 0.3) is 5.91 Å². The van der Waals surface area contributed by atoms with Crippen LogP contribution in [0.4, 0.5) is 5.00 Å². The van der Waals surface area contributed by atoms with E-state index in [1.165, 1.54) is 22.9 Å². The first-order valence-corrected chi connectivity index (χ1v) is 9.16. The molecule has 25 heavy (non-hydrogen) atoms. The molecule has 0 bridgehead atoms. The van der Waals surface area contributed by atoms with E-state index >= 15 is 0 Å². The van der Waals surface area contributed by atoms with Gasteiger partial charge in [-0.25, -0.2) is 10.4 Å². The molecule has 0 unspecified atom stereocenters. The predicted octanol–water partition coefficient (Wildman–Crippen LogP) is 3.62. The van der Waals surface area contributed by atoms with Crippen LogP contribution in [0.15, 0.2) is 35.4 Å². The maximum Gasteiger partial charge on any atom is 0.283 e. The van der Waals surface area contributed by atoms with E-state index in [0.29, 0.717) is 21.3 Å². The number of nitrogen functional groups attached to an aromatic ring is 1. The number of rotatable bonds is 4. The molecule has 8 heteroatoms. The minimum absolute atomic E-state index is 0.282. The van der Waals surface area contributed by atoms with Gasteiger partial charge in [0.05, 0.1) is 22.7 Å². The fourth-order valence-electron chi connectivity index (χ4n) is 2.38. The quantitative estimate of drug-likeness (QED) is 0.541. The number of thiazole rings is 1. The number of nitrogens with two attached hydrogens (primary N) is 1. The van der Waals surface area contributed by atoms with Gasteiger partial charge in [-0.1, -0.05) is 30.3 Å². The Hall–Kier alpha value is -2.58. The highest BCUT2D eigenvalue weighted by molar-refractivity contribution is 7.17. The summed E-state index contributed by atoms with van der Waals surface area (Å²) in [6.07, 6.45) is 0. The third kappa shape index (κ3) is 3.59. The van der Waals surface area contributed by atoms with E-state index in [0.717, 1.165) is 21.8 Å². The second kappa shape index (κ2) is 7.12. The van der Waals surface area contributed by atoms with Crippen molar-refractivity contribution < 1.29 is 4.79 Å². The number of hydrazone groups is 1. The highest BCUT2D eigenvalue weighted by Gasteiger charge is 2.17. The molecule has 0 saturated carbocycles. The number of aryl methyl sites for hydroxylation is 2. The molecule has 0 fully saturated rings. The van der Waals surface area contributed by atoms with E-state index < -0.39 is 0 Å². The van der Waals surface area contributed by atoms with Gasteiger partial charge >= 0.3 is 0 Å². The lowest BCUT2D eigenvalue weighted by Crippen LogP contribution is -2.19. The first-order chi connectivity index (χ1) is 12.0. The molecule has 1 amide bonds. The van der Waals surface area contributed by atoms with Crippen molar-refractivity contribution in [3.63, 3.8) is 0 Å². The molecular formula is C17H17N5OS2. The number of hydrogen-bond donors (Lipinski definition) is 2. The molecule has 3 rings (SSSR count). The van der Waals surface area contributed by atoms with E-state index in [4.69, 9.17) is 5.73 Å². The molecular weight excluding hydrogens is 354 g/mol. The fraction of sp³-hybridized carbons (Fsp3) is 0.176. The van der Waals surface area contributed by atoms with Gasteiger partial charge in [-0.05, 0) is 32.3 Å². The second-order valence-electron chi connectivity index (χ2n) is 5.44. The Morgan fingerprint density at radius 3 is 2.56 bits per heavy atom. The zero-order valence-electron chi connectivity index (χ0n) is 14.0. The number of nitrogens with one attached hydrogen (secondary N) is 1. The summed E-state index contributed by atoms with van der Waals surface area (Å²) in [6.45, 7) is 5.48. The lowest BCUT2D eigenvalue weighted by molar-refractivity contribution is 0.0958. The van der Waals surface area contributed by atoms with E-state index in [-0.39, 0.29) is 5.91 Å². The number of amides is 1. The topological polar surface area (TPSA) is 93.3 Å². The van der Waals surface area contributed by atoms with Crippen LogP contribution in [0, 0.1) is 13.8 Å². The van der Waals surface area contributed by atoms with Gasteiger partial charge in [-0.15, -0.1) is 11.3 Å². The van der Waals surface area contributed by atoms with Gasteiger partial charge in [0.1, 0.15) is 14.9 Å². The number of carbonyl (C=O) groups excluding carboxylic acids is 1. The van der Waals surface area contributed by atoms with Crippen molar-refractivity contribution >= 4 is 39.5 Å². The smallest absolute Gasteiger partial charge is 0.283 e. The molecule has 0 saturated heterocycles. The van der Waals surface area contributed by atoms with E-state index in [2.05, 4.69) is 19.9 Å². The highest BCUT2D eigenvalue weighted by Crippen LogP contribution is 2.27. The summed E-state index contributed by atoms with van der Waals surface area (Å²) in [5.41, 5.74) is 12.4. The summed E-state index contributed by atoms with van der Waals surface area (Å²) in [5, 5.41) is 5.57. The van der Waals surface area contributed by atoms with Crippen molar-refractivity contribution in [1.29, 1.82) is 0 Å².